The van der Waals surface area contributed by atoms with Crippen molar-refractivity contribution in [2.45, 2.75) is 6.18 Å². The fourth-order valence-electron chi connectivity index (χ4n) is 2.83. The van der Waals surface area contributed by atoms with Gasteiger partial charge >= 0.3 is 6.18 Å². The Morgan fingerprint density at radius 2 is 1.61 bits per heavy atom. The van der Waals surface area contributed by atoms with Crippen molar-refractivity contribution < 1.29 is 13.2 Å². The average Bonchev–Trinajstić information content (AvgIpc) is 2.68. The van der Waals surface area contributed by atoms with Gasteiger partial charge < -0.3 is 5.32 Å². The Balaban J connectivity index is 1.68. The lowest BCUT2D eigenvalue weighted by atomic mass is 10.1. The zero-order chi connectivity index (χ0) is 19.6. The van der Waals surface area contributed by atoms with Gasteiger partial charge in [-0.1, -0.05) is 66.4 Å². The Labute approximate surface area is 164 Å². The van der Waals surface area contributed by atoms with Crippen molar-refractivity contribution in [2.24, 2.45) is 4.99 Å². The number of aliphatic imine (C=N–C) groups is 1. The summed E-state index contributed by atoms with van der Waals surface area (Å²) in [6, 6.07) is 22.7. The van der Waals surface area contributed by atoms with Crippen LogP contribution in [0.1, 0.15) is 16.7 Å². The van der Waals surface area contributed by atoms with Crippen LogP contribution in [-0.2, 0) is 6.18 Å². The molecular formula is C22H15F3N2S. The third kappa shape index (κ3) is 4.12. The van der Waals surface area contributed by atoms with E-state index in [0.29, 0.717) is 10.9 Å². The molecule has 0 amide bonds. The summed E-state index contributed by atoms with van der Waals surface area (Å²) in [6.45, 7) is 0. The van der Waals surface area contributed by atoms with Crippen molar-refractivity contribution >= 4 is 39.3 Å². The highest BCUT2D eigenvalue weighted by Crippen LogP contribution is 2.41. The van der Waals surface area contributed by atoms with Crippen LogP contribution in [0, 0.1) is 0 Å². The predicted molar refractivity (Wildman–Crippen MR) is 111 cm³/mol. The van der Waals surface area contributed by atoms with Gasteiger partial charge in [0, 0.05) is 16.2 Å². The Bertz CT molecular complexity index is 1060. The van der Waals surface area contributed by atoms with Crippen LogP contribution in [0.5, 0.6) is 0 Å². The van der Waals surface area contributed by atoms with Crippen molar-refractivity contribution in [2.75, 3.05) is 5.32 Å². The molecule has 0 aliphatic carbocycles. The molecule has 0 saturated heterocycles. The lowest BCUT2D eigenvalue weighted by Gasteiger charge is -2.19. The highest BCUT2D eigenvalue weighted by atomic mass is 32.2. The van der Waals surface area contributed by atoms with Crippen LogP contribution in [0.3, 0.4) is 0 Å². The summed E-state index contributed by atoms with van der Waals surface area (Å²) in [6.07, 6.45) is -2.34. The minimum Gasteiger partial charge on any atom is -0.334 e. The van der Waals surface area contributed by atoms with Crippen LogP contribution >= 0.6 is 11.8 Å². The first kappa shape index (κ1) is 18.4. The van der Waals surface area contributed by atoms with E-state index in [4.69, 9.17) is 0 Å². The average molecular weight is 396 g/mol. The molecule has 0 unspecified atom stereocenters. The monoisotopic (exact) mass is 396 g/mol. The van der Waals surface area contributed by atoms with Gasteiger partial charge in [0.1, 0.15) is 0 Å². The molecule has 28 heavy (non-hydrogen) atoms. The molecule has 6 heteroatoms. The van der Waals surface area contributed by atoms with Gasteiger partial charge in [0.25, 0.3) is 0 Å². The van der Waals surface area contributed by atoms with E-state index < -0.39 is 11.7 Å². The molecule has 0 atom stereocenters. The van der Waals surface area contributed by atoms with E-state index in [-0.39, 0.29) is 0 Å². The molecule has 4 rings (SSSR count). The molecule has 1 aliphatic rings. The van der Waals surface area contributed by atoms with Crippen molar-refractivity contribution in [3.8, 4) is 0 Å². The first-order valence-electron chi connectivity index (χ1n) is 8.56. The van der Waals surface area contributed by atoms with Crippen LogP contribution in [0.25, 0.3) is 11.0 Å². The van der Waals surface area contributed by atoms with E-state index in [9.17, 15) is 13.2 Å². The molecule has 0 fully saturated rings. The van der Waals surface area contributed by atoms with Crippen molar-refractivity contribution in [1.29, 1.82) is 0 Å². The maximum atomic E-state index is 13.0. The number of para-hydroxylation sites is 1. The van der Waals surface area contributed by atoms with Crippen molar-refractivity contribution in [3.05, 3.63) is 95.6 Å². The van der Waals surface area contributed by atoms with Crippen LogP contribution in [0.15, 0.2) is 83.9 Å². The third-order valence-electron chi connectivity index (χ3n) is 4.14. The van der Waals surface area contributed by atoms with E-state index in [0.717, 1.165) is 33.9 Å². The molecule has 3 aromatic rings. The summed E-state index contributed by atoms with van der Waals surface area (Å²) in [5.41, 5.74) is 2.46. The van der Waals surface area contributed by atoms with Crippen molar-refractivity contribution in [3.63, 3.8) is 0 Å². The molecule has 3 aromatic carbocycles. The van der Waals surface area contributed by atoms with Crippen LogP contribution in [0.2, 0.25) is 0 Å². The Morgan fingerprint density at radius 1 is 0.857 bits per heavy atom. The summed E-state index contributed by atoms with van der Waals surface area (Å²) in [4.78, 5) is 5.55. The number of amidine groups is 1. The number of hydrogen-bond donors (Lipinski definition) is 1. The van der Waals surface area contributed by atoms with Gasteiger partial charge in [-0.05, 0) is 35.9 Å². The van der Waals surface area contributed by atoms with E-state index in [1.54, 1.807) is 6.07 Å². The number of nitrogens with zero attached hydrogens (tertiary/aromatic N) is 1. The number of alkyl halides is 3. The molecule has 0 aromatic heterocycles. The van der Waals surface area contributed by atoms with Gasteiger partial charge in [-0.2, -0.15) is 13.2 Å². The molecular weight excluding hydrogens is 381 g/mol. The molecule has 0 bridgehead atoms. The van der Waals surface area contributed by atoms with Gasteiger partial charge in [-0.15, -0.1) is 0 Å². The van der Waals surface area contributed by atoms with Gasteiger partial charge in [0.15, 0.2) is 5.17 Å². The molecule has 1 heterocycles. The van der Waals surface area contributed by atoms with Gasteiger partial charge in [0.05, 0.1) is 11.3 Å². The van der Waals surface area contributed by atoms with E-state index in [1.807, 2.05) is 60.7 Å². The molecule has 1 N–H and O–H groups in total. The van der Waals surface area contributed by atoms with Crippen LogP contribution in [-0.4, -0.2) is 5.17 Å². The van der Waals surface area contributed by atoms with E-state index in [1.165, 1.54) is 17.8 Å². The highest BCUT2D eigenvalue weighted by Gasteiger charge is 2.30. The third-order valence-corrected chi connectivity index (χ3v) is 5.08. The SMILES string of the molecule is FC(F)(F)c1cccc(NC2=Nc3ccccc3/C(=C/c3ccccc3)S2)c1. The van der Waals surface area contributed by atoms with E-state index in [2.05, 4.69) is 10.3 Å². The molecule has 0 saturated carbocycles. The topological polar surface area (TPSA) is 24.4 Å². The molecule has 1 aliphatic heterocycles. The molecule has 0 spiro atoms. The summed E-state index contributed by atoms with van der Waals surface area (Å²) in [5, 5.41) is 3.55. The highest BCUT2D eigenvalue weighted by molar-refractivity contribution is 8.22. The fraction of sp³-hybridized carbons (Fsp3) is 0.0455. The summed E-state index contributed by atoms with van der Waals surface area (Å²) < 4.78 is 38.9. The Hall–Kier alpha value is -2.99. The summed E-state index contributed by atoms with van der Waals surface area (Å²) in [5.74, 6) is 0. The number of halogens is 3. The number of fused-ring (bicyclic) bond motifs is 1. The summed E-state index contributed by atoms with van der Waals surface area (Å²) in [7, 11) is 0. The van der Waals surface area contributed by atoms with Gasteiger partial charge in [0.2, 0.25) is 0 Å². The second-order valence-electron chi connectivity index (χ2n) is 6.16. The number of nitrogens with one attached hydrogen (secondary N) is 1. The second-order valence-corrected chi connectivity index (χ2v) is 7.19. The van der Waals surface area contributed by atoms with E-state index >= 15 is 0 Å². The molecule has 140 valence electrons. The van der Waals surface area contributed by atoms with Crippen LogP contribution in [0.4, 0.5) is 24.5 Å². The zero-order valence-electron chi connectivity index (χ0n) is 14.6. The number of benzene rings is 3. The van der Waals surface area contributed by atoms with Crippen LogP contribution < -0.4 is 5.32 Å². The maximum Gasteiger partial charge on any atom is 0.416 e. The zero-order valence-corrected chi connectivity index (χ0v) is 15.4. The first-order valence-corrected chi connectivity index (χ1v) is 9.38. The number of hydrogen-bond acceptors (Lipinski definition) is 3. The standard InChI is InChI=1S/C22H15F3N2S/c23-22(24,25)16-9-6-10-17(14-16)26-21-27-19-12-5-4-11-18(19)20(28-21)13-15-7-2-1-3-8-15/h1-14H,(H,26,27)/b20-13-. The largest absolute Gasteiger partial charge is 0.416 e. The fourth-order valence-corrected chi connectivity index (χ4v) is 3.83. The minimum absolute atomic E-state index is 0.347. The minimum atomic E-state index is -4.38. The predicted octanol–water partition coefficient (Wildman–Crippen LogP) is 7.05. The van der Waals surface area contributed by atoms with Gasteiger partial charge in [-0.25, -0.2) is 4.99 Å². The maximum absolute atomic E-state index is 13.0. The molecule has 0 radical (unpaired) electrons. The normalized spacial score (nSPS) is 15.1. The number of rotatable bonds is 2. The number of thioether (sulfide) groups is 1. The Morgan fingerprint density at radius 3 is 2.39 bits per heavy atom. The first-order chi connectivity index (χ1) is 13.5. The quantitative estimate of drug-likeness (QED) is 0.502. The van der Waals surface area contributed by atoms with Gasteiger partial charge in [-0.3, -0.25) is 0 Å². The Kier molecular flexibility index (Phi) is 4.96. The lowest BCUT2D eigenvalue weighted by Crippen LogP contribution is -2.12. The van der Waals surface area contributed by atoms with Crippen molar-refractivity contribution in [1.82, 2.24) is 0 Å². The summed E-state index contributed by atoms with van der Waals surface area (Å²) >= 11 is 1.40. The second kappa shape index (κ2) is 7.56. The smallest absolute Gasteiger partial charge is 0.334 e. The molecule has 2 nitrogen and oxygen atoms in total. The lowest BCUT2D eigenvalue weighted by molar-refractivity contribution is -0.137. The number of anilines is 1.